The minimum absolute atomic E-state index is 0.597. The highest BCUT2D eigenvalue weighted by Gasteiger charge is 2.10. The Bertz CT molecular complexity index is 167. The van der Waals surface area contributed by atoms with E-state index in [0.29, 0.717) is 6.04 Å². The fourth-order valence-corrected chi connectivity index (χ4v) is 2.40. The van der Waals surface area contributed by atoms with Gasteiger partial charge in [-0.05, 0) is 66.5 Å². The molecule has 3 nitrogen and oxygen atoms in total. The number of nitrogens with one attached hydrogen (secondary N) is 1. The Balaban J connectivity index is 2.00. The van der Waals surface area contributed by atoms with Crippen molar-refractivity contribution in [3.63, 3.8) is 0 Å². The van der Waals surface area contributed by atoms with E-state index in [4.69, 9.17) is 0 Å². The molecule has 1 N–H and O–H groups in total. The topological polar surface area (TPSA) is 18.5 Å². The zero-order valence-electron chi connectivity index (χ0n) is 11.3. The molecule has 1 heterocycles. The molecular formula is C13H29N3. The highest BCUT2D eigenvalue weighted by atomic mass is 15.1. The van der Waals surface area contributed by atoms with Crippen LogP contribution < -0.4 is 5.32 Å². The van der Waals surface area contributed by atoms with Crippen LogP contribution in [0.15, 0.2) is 0 Å². The molecule has 1 unspecified atom stereocenters. The van der Waals surface area contributed by atoms with Gasteiger partial charge in [-0.15, -0.1) is 0 Å². The van der Waals surface area contributed by atoms with Crippen LogP contribution in [0.4, 0.5) is 0 Å². The van der Waals surface area contributed by atoms with Crippen molar-refractivity contribution in [1.29, 1.82) is 0 Å². The number of hydrogen-bond donors (Lipinski definition) is 1. The molecule has 0 aliphatic carbocycles. The van der Waals surface area contributed by atoms with E-state index in [1.165, 1.54) is 51.9 Å². The Kier molecular flexibility index (Phi) is 7.01. The van der Waals surface area contributed by atoms with Gasteiger partial charge in [-0.2, -0.15) is 0 Å². The minimum atomic E-state index is 0.597. The largest absolute Gasteiger partial charge is 0.316 e. The third kappa shape index (κ3) is 5.83. The van der Waals surface area contributed by atoms with Crippen molar-refractivity contribution in [1.82, 2.24) is 15.1 Å². The normalized spacial score (nSPS) is 20.2. The Morgan fingerprint density at radius 3 is 2.56 bits per heavy atom. The van der Waals surface area contributed by atoms with Crippen molar-refractivity contribution in [2.75, 3.05) is 46.8 Å². The van der Waals surface area contributed by atoms with Gasteiger partial charge in [0.25, 0.3) is 0 Å². The van der Waals surface area contributed by atoms with Gasteiger partial charge in [-0.3, -0.25) is 0 Å². The predicted molar refractivity (Wildman–Crippen MR) is 70.9 cm³/mol. The monoisotopic (exact) mass is 227 g/mol. The van der Waals surface area contributed by atoms with Gasteiger partial charge >= 0.3 is 0 Å². The van der Waals surface area contributed by atoms with E-state index in [9.17, 15) is 0 Å². The number of nitrogens with zero attached hydrogens (tertiary/aromatic N) is 2. The van der Waals surface area contributed by atoms with Gasteiger partial charge in [0.2, 0.25) is 0 Å². The van der Waals surface area contributed by atoms with E-state index in [1.807, 2.05) is 7.05 Å². The molecule has 0 saturated carbocycles. The van der Waals surface area contributed by atoms with Gasteiger partial charge in [0.15, 0.2) is 0 Å². The van der Waals surface area contributed by atoms with Crippen molar-refractivity contribution < 1.29 is 0 Å². The van der Waals surface area contributed by atoms with Gasteiger partial charge in [0.1, 0.15) is 0 Å². The lowest BCUT2D eigenvalue weighted by molar-refractivity contribution is 0.209. The van der Waals surface area contributed by atoms with E-state index in [2.05, 4.69) is 29.1 Å². The van der Waals surface area contributed by atoms with Crippen LogP contribution in [-0.4, -0.2) is 62.7 Å². The Morgan fingerprint density at radius 2 is 1.94 bits per heavy atom. The molecule has 0 spiro atoms. The first-order valence-electron chi connectivity index (χ1n) is 6.80. The average molecular weight is 227 g/mol. The third-order valence-electron chi connectivity index (χ3n) is 3.54. The zero-order valence-corrected chi connectivity index (χ0v) is 11.3. The summed E-state index contributed by atoms with van der Waals surface area (Å²) < 4.78 is 0. The molecule has 1 aliphatic rings. The molecule has 16 heavy (non-hydrogen) atoms. The van der Waals surface area contributed by atoms with Gasteiger partial charge in [0.05, 0.1) is 0 Å². The van der Waals surface area contributed by atoms with Crippen molar-refractivity contribution in [3.8, 4) is 0 Å². The molecule has 0 aromatic rings. The van der Waals surface area contributed by atoms with Gasteiger partial charge < -0.3 is 15.1 Å². The van der Waals surface area contributed by atoms with Crippen LogP contribution in [0.3, 0.4) is 0 Å². The first kappa shape index (κ1) is 13.9. The second-order valence-electron chi connectivity index (χ2n) is 5.21. The van der Waals surface area contributed by atoms with Crippen molar-refractivity contribution in [2.45, 2.75) is 38.6 Å². The first-order valence-corrected chi connectivity index (χ1v) is 6.80. The predicted octanol–water partition coefficient (Wildman–Crippen LogP) is 1.40. The van der Waals surface area contributed by atoms with E-state index in [1.54, 1.807) is 0 Å². The minimum Gasteiger partial charge on any atom is -0.316 e. The molecule has 3 heteroatoms. The summed E-state index contributed by atoms with van der Waals surface area (Å²) >= 11 is 0. The van der Waals surface area contributed by atoms with Crippen LogP contribution in [0.5, 0.6) is 0 Å². The molecule has 1 rings (SSSR count). The number of likely N-dealkylation sites (tertiary alicyclic amines) is 1. The van der Waals surface area contributed by atoms with Crippen LogP contribution in [0.1, 0.15) is 32.6 Å². The lowest BCUT2D eigenvalue weighted by Crippen LogP contribution is -2.37. The van der Waals surface area contributed by atoms with Crippen LogP contribution in [0.25, 0.3) is 0 Å². The molecule has 0 amide bonds. The average Bonchev–Trinajstić information content (AvgIpc) is 2.30. The number of hydrogen-bond acceptors (Lipinski definition) is 3. The van der Waals surface area contributed by atoms with Crippen LogP contribution in [0.2, 0.25) is 0 Å². The van der Waals surface area contributed by atoms with Crippen LogP contribution in [0, 0.1) is 0 Å². The van der Waals surface area contributed by atoms with E-state index in [0.717, 1.165) is 6.54 Å². The lowest BCUT2D eigenvalue weighted by atomic mass is 10.1. The second kappa shape index (κ2) is 8.04. The SMILES string of the molecule is CNC(C)CN(C)CCCN1CCCCC1. The van der Waals surface area contributed by atoms with E-state index in [-0.39, 0.29) is 0 Å². The maximum atomic E-state index is 3.28. The summed E-state index contributed by atoms with van der Waals surface area (Å²) in [4.78, 5) is 5.06. The van der Waals surface area contributed by atoms with E-state index < -0.39 is 0 Å². The van der Waals surface area contributed by atoms with Gasteiger partial charge in [-0.1, -0.05) is 6.42 Å². The Morgan fingerprint density at radius 1 is 1.25 bits per heavy atom. The van der Waals surface area contributed by atoms with Crippen molar-refractivity contribution >= 4 is 0 Å². The summed E-state index contributed by atoms with van der Waals surface area (Å²) in [6, 6.07) is 0.597. The number of likely N-dealkylation sites (N-methyl/N-ethyl adjacent to an activating group) is 2. The fourth-order valence-electron chi connectivity index (χ4n) is 2.40. The molecular weight excluding hydrogens is 198 g/mol. The molecule has 1 saturated heterocycles. The van der Waals surface area contributed by atoms with Gasteiger partial charge in [-0.25, -0.2) is 0 Å². The molecule has 0 aromatic carbocycles. The van der Waals surface area contributed by atoms with Crippen LogP contribution in [-0.2, 0) is 0 Å². The maximum Gasteiger partial charge on any atom is 0.0163 e. The van der Waals surface area contributed by atoms with E-state index >= 15 is 0 Å². The standard InChI is InChI=1S/C13H29N3/c1-13(14-2)12-15(3)8-7-11-16-9-5-4-6-10-16/h13-14H,4-12H2,1-3H3. The lowest BCUT2D eigenvalue weighted by Gasteiger charge is -2.27. The summed E-state index contributed by atoms with van der Waals surface area (Å²) in [5.41, 5.74) is 0. The maximum absolute atomic E-state index is 3.28. The highest BCUT2D eigenvalue weighted by molar-refractivity contribution is 4.67. The highest BCUT2D eigenvalue weighted by Crippen LogP contribution is 2.08. The smallest absolute Gasteiger partial charge is 0.0163 e. The quantitative estimate of drug-likeness (QED) is 0.709. The summed E-state index contributed by atoms with van der Waals surface area (Å²) in [5, 5.41) is 3.28. The molecule has 1 atom stereocenters. The summed E-state index contributed by atoms with van der Waals surface area (Å²) in [7, 11) is 4.26. The van der Waals surface area contributed by atoms with Gasteiger partial charge in [0, 0.05) is 12.6 Å². The third-order valence-corrected chi connectivity index (χ3v) is 3.54. The van der Waals surface area contributed by atoms with Crippen molar-refractivity contribution in [3.05, 3.63) is 0 Å². The summed E-state index contributed by atoms with van der Waals surface area (Å²) in [5.74, 6) is 0. The molecule has 1 fully saturated rings. The fraction of sp³-hybridized carbons (Fsp3) is 1.00. The second-order valence-corrected chi connectivity index (χ2v) is 5.21. The molecule has 1 aliphatic heterocycles. The number of piperidine rings is 1. The molecule has 0 radical (unpaired) electrons. The number of rotatable bonds is 7. The summed E-state index contributed by atoms with van der Waals surface area (Å²) in [6.45, 7) is 8.56. The Labute approximate surface area is 101 Å². The zero-order chi connectivity index (χ0) is 11.8. The molecule has 96 valence electrons. The molecule has 0 bridgehead atoms. The van der Waals surface area contributed by atoms with Crippen molar-refractivity contribution in [2.24, 2.45) is 0 Å². The Hall–Kier alpha value is -0.120. The molecule has 0 aromatic heterocycles. The first-order chi connectivity index (χ1) is 7.72. The summed E-state index contributed by atoms with van der Waals surface area (Å²) in [6.07, 6.45) is 5.57. The van der Waals surface area contributed by atoms with Crippen LogP contribution >= 0.6 is 0 Å².